The van der Waals surface area contributed by atoms with Crippen molar-refractivity contribution in [1.82, 2.24) is 15.0 Å². The first-order valence-corrected chi connectivity index (χ1v) is 14.5. The Labute approximate surface area is 239 Å². The van der Waals surface area contributed by atoms with Gasteiger partial charge in [0.15, 0.2) is 0 Å². The SMILES string of the molecule is [C-]#[N+]c1c(N2CCCC2)nc(SCc2csc(-c3ccc(Cl)cc3)n2)c(C#N)c1-c1ccc(OCCO)nc1. The van der Waals surface area contributed by atoms with Gasteiger partial charge in [0.25, 0.3) is 0 Å². The Kier molecular flexibility index (Phi) is 8.60. The van der Waals surface area contributed by atoms with Gasteiger partial charge in [0.05, 0.1) is 24.4 Å². The molecule has 0 saturated carbocycles. The fraction of sp³-hybridized carbons (Fsp3) is 0.250. The van der Waals surface area contributed by atoms with Gasteiger partial charge < -0.3 is 14.7 Å². The van der Waals surface area contributed by atoms with Crippen molar-refractivity contribution in [3.05, 3.63) is 75.7 Å². The maximum Gasteiger partial charge on any atom is 0.237 e. The molecule has 0 unspecified atom stereocenters. The van der Waals surface area contributed by atoms with Crippen LogP contribution < -0.4 is 9.64 Å². The molecule has 1 N–H and O–H groups in total. The average molecular weight is 575 g/mol. The Morgan fingerprint density at radius 3 is 2.59 bits per heavy atom. The summed E-state index contributed by atoms with van der Waals surface area (Å²) in [5, 5.41) is 23.4. The molecule has 39 heavy (non-hydrogen) atoms. The first-order chi connectivity index (χ1) is 19.1. The van der Waals surface area contributed by atoms with E-state index in [1.807, 2.05) is 29.6 Å². The number of hydrogen-bond acceptors (Lipinski definition) is 9. The number of aliphatic hydroxyl groups is 1. The summed E-state index contributed by atoms with van der Waals surface area (Å²) < 4.78 is 5.39. The third-order valence-electron chi connectivity index (χ3n) is 6.12. The van der Waals surface area contributed by atoms with Crippen LogP contribution >= 0.6 is 34.7 Å². The zero-order chi connectivity index (χ0) is 27.2. The highest BCUT2D eigenvalue weighted by Crippen LogP contribution is 2.45. The maximum absolute atomic E-state index is 10.3. The molecule has 0 bridgehead atoms. The second-order valence-corrected chi connectivity index (χ2v) is 10.9. The summed E-state index contributed by atoms with van der Waals surface area (Å²) in [6, 6.07) is 13.3. The molecule has 0 radical (unpaired) electrons. The Morgan fingerprint density at radius 2 is 1.92 bits per heavy atom. The number of thiazole rings is 1. The van der Waals surface area contributed by atoms with Gasteiger partial charge in [-0.3, -0.25) is 0 Å². The first-order valence-electron chi connectivity index (χ1n) is 12.2. The molecular weight excluding hydrogens is 552 g/mol. The summed E-state index contributed by atoms with van der Waals surface area (Å²) in [5.41, 5.74) is 3.72. The van der Waals surface area contributed by atoms with Crippen molar-refractivity contribution in [2.75, 3.05) is 31.2 Å². The second kappa shape index (κ2) is 12.5. The molecule has 0 aliphatic carbocycles. The van der Waals surface area contributed by atoms with E-state index in [-0.39, 0.29) is 13.2 Å². The number of benzene rings is 1. The van der Waals surface area contributed by atoms with Crippen LogP contribution in [0.25, 0.3) is 26.5 Å². The van der Waals surface area contributed by atoms with Crippen LogP contribution in [0.5, 0.6) is 5.88 Å². The Morgan fingerprint density at radius 1 is 1.15 bits per heavy atom. The molecule has 11 heteroatoms. The molecule has 5 rings (SSSR count). The number of rotatable bonds is 9. The van der Waals surface area contributed by atoms with E-state index in [9.17, 15) is 5.26 Å². The second-order valence-electron chi connectivity index (χ2n) is 8.65. The Hall–Kier alpha value is -3.67. The first kappa shape index (κ1) is 26.9. The van der Waals surface area contributed by atoms with Crippen molar-refractivity contribution in [3.63, 3.8) is 0 Å². The molecule has 0 amide bonds. The zero-order valence-corrected chi connectivity index (χ0v) is 23.2. The monoisotopic (exact) mass is 574 g/mol. The van der Waals surface area contributed by atoms with Crippen LogP contribution in [0.15, 0.2) is 53.0 Å². The van der Waals surface area contributed by atoms with Crippen LogP contribution in [-0.4, -0.2) is 46.4 Å². The molecule has 4 aromatic rings. The molecule has 1 fully saturated rings. The molecule has 4 heterocycles. The number of aromatic nitrogens is 3. The third kappa shape index (κ3) is 6.00. The summed E-state index contributed by atoms with van der Waals surface area (Å²) >= 11 is 9.01. The number of aliphatic hydroxyl groups excluding tert-OH is 1. The molecule has 1 saturated heterocycles. The summed E-state index contributed by atoms with van der Waals surface area (Å²) in [7, 11) is 0. The number of nitriles is 1. The topological polar surface area (TPSA) is 99.5 Å². The highest BCUT2D eigenvalue weighted by Gasteiger charge is 2.26. The zero-order valence-electron chi connectivity index (χ0n) is 20.8. The molecule has 0 spiro atoms. The van der Waals surface area contributed by atoms with E-state index in [1.54, 1.807) is 29.7 Å². The Balaban J connectivity index is 1.51. The number of hydrogen-bond donors (Lipinski definition) is 1. The van der Waals surface area contributed by atoms with Crippen LogP contribution in [0.2, 0.25) is 5.02 Å². The molecule has 196 valence electrons. The van der Waals surface area contributed by atoms with Crippen LogP contribution in [0.4, 0.5) is 11.5 Å². The predicted octanol–water partition coefficient (Wildman–Crippen LogP) is 6.61. The van der Waals surface area contributed by atoms with Gasteiger partial charge in [-0.1, -0.05) is 35.5 Å². The summed E-state index contributed by atoms with van der Waals surface area (Å²) in [4.78, 5) is 19.9. The molecule has 3 aromatic heterocycles. The van der Waals surface area contributed by atoms with Crippen LogP contribution in [0.1, 0.15) is 24.1 Å². The lowest BCUT2D eigenvalue weighted by atomic mass is 10.0. The van der Waals surface area contributed by atoms with Gasteiger partial charge in [0, 0.05) is 52.6 Å². The summed E-state index contributed by atoms with van der Waals surface area (Å²) in [5.74, 6) is 1.48. The van der Waals surface area contributed by atoms with Gasteiger partial charge in [0.2, 0.25) is 11.6 Å². The molecule has 1 aliphatic heterocycles. The fourth-order valence-corrected chi connectivity index (χ4v) is 6.22. The minimum Gasteiger partial charge on any atom is -0.475 e. The van der Waals surface area contributed by atoms with Crippen molar-refractivity contribution in [3.8, 4) is 33.6 Å². The number of pyridine rings is 2. The number of nitrogens with zero attached hydrogens (tertiary/aromatic N) is 6. The van der Waals surface area contributed by atoms with Crippen molar-refractivity contribution >= 4 is 46.2 Å². The highest BCUT2D eigenvalue weighted by atomic mass is 35.5. The Bertz CT molecular complexity index is 1540. The average Bonchev–Trinajstić information content (AvgIpc) is 3.68. The lowest BCUT2D eigenvalue weighted by Crippen LogP contribution is -2.20. The number of halogens is 1. The van der Waals surface area contributed by atoms with Gasteiger partial charge in [0.1, 0.15) is 28.5 Å². The largest absolute Gasteiger partial charge is 0.475 e. The van der Waals surface area contributed by atoms with E-state index in [2.05, 4.69) is 20.8 Å². The van der Waals surface area contributed by atoms with Gasteiger partial charge in [-0.25, -0.2) is 19.8 Å². The van der Waals surface area contributed by atoms with Crippen molar-refractivity contribution < 1.29 is 9.84 Å². The van der Waals surface area contributed by atoms with E-state index >= 15 is 0 Å². The minimum atomic E-state index is -0.117. The van der Waals surface area contributed by atoms with Gasteiger partial charge in [-0.15, -0.1) is 11.3 Å². The van der Waals surface area contributed by atoms with Gasteiger partial charge >= 0.3 is 0 Å². The summed E-state index contributed by atoms with van der Waals surface area (Å²) in [6.07, 6.45) is 3.65. The highest BCUT2D eigenvalue weighted by molar-refractivity contribution is 7.98. The van der Waals surface area contributed by atoms with Crippen molar-refractivity contribution in [2.24, 2.45) is 0 Å². The smallest absolute Gasteiger partial charge is 0.237 e. The normalized spacial score (nSPS) is 12.8. The molecule has 0 atom stereocenters. The van der Waals surface area contributed by atoms with Crippen molar-refractivity contribution in [1.29, 1.82) is 5.26 Å². The van der Waals surface area contributed by atoms with E-state index in [0.29, 0.717) is 49.9 Å². The predicted molar refractivity (Wildman–Crippen MR) is 155 cm³/mol. The van der Waals surface area contributed by atoms with Gasteiger partial charge in [-0.05, 0) is 36.6 Å². The van der Waals surface area contributed by atoms with Crippen LogP contribution in [0.3, 0.4) is 0 Å². The van der Waals surface area contributed by atoms with Crippen LogP contribution in [0, 0.1) is 17.9 Å². The van der Waals surface area contributed by atoms with E-state index in [1.165, 1.54) is 11.8 Å². The fourth-order valence-electron chi connectivity index (χ4n) is 4.29. The molecule has 8 nitrogen and oxygen atoms in total. The summed E-state index contributed by atoms with van der Waals surface area (Å²) in [6.45, 7) is 9.64. The number of ether oxygens (including phenoxy) is 1. The molecular formula is C28H23ClN6O2S2. The lowest BCUT2D eigenvalue weighted by Gasteiger charge is -2.22. The van der Waals surface area contributed by atoms with Gasteiger partial charge in [-0.2, -0.15) is 5.26 Å². The number of thioether (sulfide) groups is 1. The standard InChI is InChI=1S/C28H23ClN6O2S2/c1-31-25-24(19-6-9-23(32-15-19)37-13-12-36)22(14-30)28(34-26(25)35-10-2-3-11-35)39-17-21-16-38-27(33-21)18-4-7-20(29)8-5-18/h4-9,15-16,36H,2-3,10-13,17H2. The van der Waals surface area contributed by atoms with E-state index < -0.39 is 0 Å². The van der Waals surface area contributed by atoms with Crippen molar-refractivity contribution in [2.45, 2.75) is 23.6 Å². The van der Waals surface area contributed by atoms with Crippen LogP contribution in [-0.2, 0) is 5.75 Å². The van der Waals surface area contributed by atoms with E-state index in [0.717, 1.165) is 42.2 Å². The minimum absolute atomic E-state index is 0.117. The van der Waals surface area contributed by atoms with E-state index in [4.69, 9.17) is 38.0 Å². The quantitative estimate of drug-likeness (QED) is 0.176. The number of anilines is 1. The molecule has 1 aliphatic rings. The lowest BCUT2D eigenvalue weighted by molar-refractivity contribution is 0.196. The maximum atomic E-state index is 10.3. The third-order valence-corrected chi connectivity index (χ3v) is 8.32. The molecule has 1 aromatic carbocycles.